The van der Waals surface area contributed by atoms with Gasteiger partial charge in [0.15, 0.2) is 0 Å². The van der Waals surface area contributed by atoms with Crippen LogP contribution in [0.15, 0.2) is 0 Å². The van der Waals surface area contributed by atoms with Crippen LogP contribution in [-0.4, -0.2) is 6.79 Å². The van der Waals surface area contributed by atoms with Crippen LogP contribution in [0.25, 0.3) is 0 Å². The number of rotatable bonds is 0. The van der Waals surface area contributed by atoms with E-state index in [1.165, 1.54) is 44.9 Å². The van der Waals surface area contributed by atoms with E-state index >= 15 is 0 Å². The Morgan fingerprint density at radius 1 is 0.556 bits per heavy atom. The van der Waals surface area contributed by atoms with Crippen molar-refractivity contribution in [3.8, 4) is 0 Å². The van der Waals surface area contributed by atoms with E-state index < -0.39 is 0 Å². The summed E-state index contributed by atoms with van der Waals surface area (Å²) < 4.78 is 0. The van der Waals surface area contributed by atoms with Gasteiger partial charge >= 0.3 is 0 Å². The third-order valence-corrected chi connectivity index (χ3v) is 1.75. The van der Waals surface area contributed by atoms with Gasteiger partial charge in [-0.15, -0.1) is 0 Å². The third kappa shape index (κ3) is 5.54. The number of carbonyl (C=O) groups is 1. The molecule has 0 amide bonds. The van der Waals surface area contributed by atoms with Crippen molar-refractivity contribution in [3.05, 3.63) is 0 Å². The van der Waals surface area contributed by atoms with E-state index in [9.17, 15) is 0 Å². The fourth-order valence-corrected chi connectivity index (χ4v) is 1.24. The van der Waals surface area contributed by atoms with Gasteiger partial charge in [-0.1, -0.05) is 44.9 Å². The minimum atomic E-state index is 1.50. The quantitative estimate of drug-likeness (QED) is 0.458. The minimum Gasteiger partial charge on any atom is -0.307 e. The van der Waals surface area contributed by atoms with Gasteiger partial charge in [0.2, 0.25) is 0 Å². The fourth-order valence-electron chi connectivity index (χ4n) is 1.24. The first-order valence-corrected chi connectivity index (χ1v) is 3.79. The molecule has 0 spiro atoms. The molecule has 0 N–H and O–H groups in total. The molecule has 1 aliphatic rings. The van der Waals surface area contributed by atoms with Crippen LogP contribution < -0.4 is 0 Å². The topological polar surface area (TPSA) is 17.1 Å². The van der Waals surface area contributed by atoms with Gasteiger partial charge in [0, 0.05) is 0 Å². The lowest BCUT2D eigenvalue weighted by atomic mass is 10.2. The summed E-state index contributed by atoms with van der Waals surface area (Å²) in [6, 6.07) is 0. The molecule has 0 saturated heterocycles. The van der Waals surface area contributed by atoms with E-state index in [0.29, 0.717) is 0 Å². The summed E-state index contributed by atoms with van der Waals surface area (Å²) in [5, 5.41) is 0. The van der Waals surface area contributed by atoms with E-state index in [4.69, 9.17) is 4.79 Å². The molecule has 0 atom stereocenters. The maximum absolute atomic E-state index is 8.00. The van der Waals surface area contributed by atoms with Gasteiger partial charge in [0.05, 0.1) is 0 Å². The molecule has 54 valence electrons. The predicted molar refractivity (Wildman–Crippen MR) is 39.4 cm³/mol. The van der Waals surface area contributed by atoms with E-state index in [-0.39, 0.29) is 0 Å². The zero-order valence-corrected chi connectivity index (χ0v) is 6.07. The van der Waals surface area contributed by atoms with E-state index in [1.807, 2.05) is 6.79 Å². The minimum absolute atomic E-state index is 1.50. The van der Waals surface area contributed by atoms with Gasteiger partial charge in [-0.05, 0) is 0 Å². The average molecular weight is 128 g/mol. The van der Waals surface area contributed by atoms with Crippen molar-refractivity contribution in [2.75, 3.05) is 0 Å². The summed E-state index contributed by atoms with van der Waals surface area (Å²) in [6.07, 6.45) is 10.5. The van der Waals surface area contributed by atoms with Gasteiger partial charge < -0.3 is 4.79 Å². The molecule has 0 aromatic heterocycles. The fraction of sp³-hybridized carbons (Fsp3) is 0.875. The molecule has 1 heteroatoms. The summed E-state index contributed by atoms with van der Waals surface area (Å²) in [6.45, 7) is 2.00. The number of carbonyl (C=O) groups excluding carboxylic acids is 1. The molecule has 0 radical (unpaired) electrons. The lowest BCUT2D eigenvalue weighted by Crippen LogP contribution is -1.66. The van der Waals surface area contributed by atoms with Crippen molar-refractivity contribution in [2.45, 2.75) is 44.9 Å². The number of hydrogen-bond donors (Lipinski definition) is 0. The molecule has 0 unspecified atom stereocenters. The van der Waals surface area contributed by atoms with E-state index in [1.54, 1.807) is 0 Å². The molecule has 1 rings (SSSR count). The Hall–Kier alpha value is -0.330. The SMILES string of the molecule is C1CCCCCC1.C=O. The molecule has 1 fully saturated rings. The molecule has 1 saturated carbocycles. The lowest BCUT2D eigenvalue weighted by molar-refractivity contribution is -0.0979. The third-order valence-electron chi connectivity index (χ3n) is 1.75. The van der Waals surface area contributed by atoms with Crippen molar-refractivity contribution >= 4 is 6.79 Å². The van der Waals surface area contributed by atoms with Crippen molar-refractivity contribution in [2.24, 2.45) is 0 Å². The lowest BCUT2D eigenvalue weighted by Gasteiger charge is -1.85. The highest BCUT2D eigenvalue weighted by Crippen LogP contribution is 2.15. The highest BCUT2D eigenvalue weighted by molar-refractivity contribution is 5.10. The highest BCUT2D eigenvalue weighted by Gasteiger charge is 1.95. The van der Waals surface area contributed by atoms with Gasteiger partial charge in [-0.2, -0.15) is 0 Å². The van der Waals surface area contributed by atoms with Crippen LogP contribution in [0.2, 0.25) is 0 Å². The van der Waals surface area contributed by atoms with E-state index in [2.05, 4.69) is 0 Å². The summed E-state index contributed by atoms with van der Waals surface area (Å²) in [7, 11) is 0. The molecular weight excluding hydrogens is 112 g/mol. The smallest absolute Gasteiger partial charge is 0.106 e. The molecule has 1 aliphatic carbocycles. The van der Waals surface area contributed by atoms with Crippen LogP contribution in [0.3, 0.4) is 0 Å². The van der Waals surface area contributed by atoms with Crippen LogP contribution >= 0.6 is 0 Å². The Morgan fingerprint density at radius 2 is 0.667 bits per heavy atom. The Morgan fingerprint density at radius 3 is 0.778 bits per heavy atom. The van der Waals surface area contributed by atoms with Crippen molar-refractivity contribution in [1.82, 2.24) is 0 Å². The summed E-state index contributed by atoms with van der Waals surface area (Å²) in [5.41, 5.74) is 0. The summed E-state index contributed by atoms with van der Waals surface area (Å²) in [5.74, 6) is 0. The van der Waals surface area contributed by atoms with Crippen molar-refractivity contribution < 1.29 is 4.79 Å². The largest absolute Gasteiger partial charge is 0.307 e. The highest BCUT2D eigenvalue weighted by atomic mass is 16.1. The molecule has 1 nitrogen and oxygen atoms in total. The Balaban J connectivity index is 0.000000291. The maximum atomic E-state index is 8.00. The first-order chi connectivity index (χ1) is 4.50. The van der Waals surface area contributed by atoms with Gasteiger partial charge in [0.1, 0.15) is 6.79 Å². The summed E-state index contributed by atoms with van der Waals surface area (Å²) >= 11 is 0. The zero-order chi connectivity index (χ0) is 6.95. The standard InChI is InChI=1S/C7H14.CH2O/c1-2-4-6-7-5-3-1;1-2/h1-7H2;1H2. The molecule has 0 bridgehead atoms. The van der Waals surface area contributed by atoms with Crippen LogP contribution in [0.5, 0.6) is 0 Å². The zero-order valence-electron chi connectivity index (χ0n) is 6.07. The van der Waals surface area contributed by atoms with Gasteiger partial charge in [-0.25, -0.2) is 0 Å². The van der Waals surface area contributed by atoms with Crippen LogP contribution in [-0.2, 0) is 4.79 Å². The molecule has 0 heterocycles. The molecule has 0 aromatic carbocycles. The van der Waals surface area contributed by atoms with E-state index in [0.717, 1.165) is 0 Å². The monoisotopic (exact) mass is 128 g/mol. The molecule has 0 aromatic rings. The van der Waals surface area contributed by atoms with Crippen molar-refractivity contribution in [3.63, 3.8) is 0 Å². The van der Waals surface area contributed by atoms with Gasteiger partial charge in [-0.3, -0.25) is 0 Å². The normalized spacial score (nSPS) is 19.1. The molecule has 9 heavy (non-hydrogen) atoms. The second-order valence-corrected chi connectivity index (χ2v) is 2.47. The summed E-state index contributed by atoms with van der Waals surface area (Å²) in [4.78, 5) is 8.00. The predicted octanol–water partition coefficient (Wildman–Crippen LogP) is 2.55. The van der Waals surface area contributed by atoms with Gasteiger partial charge in [0.25, 0.3) is 0 Å². The van der Waals surface area contributed by atoms with Crippen LogP contribution in [0.1, 0.15) is 44.9 Å². The Bertz CT molecular complexity index is 32.9. The second kappa shape index (κ2) is 7.67. The van der Waals surface area contributed by atoms with Crippen LogP contribution in [0, 0.1) is 0 Å². The Kier molecular flexibility index (Phi) is 7.39. The maximum Gasteiger partial charge on any atom is 0.106 e. The first-order valence-electron chi connectivity index (χ1n) is 3.79. The number of hydrogen-bond acceptors (Lipinski definition) is 1. The van der Waals surface area contributed by atoms with Crippen molar-refractivity contribution in [1.29, 1.82) is 0 Å². The average Bonchev–Trinajstić information content (AvgIpc) is 2.21. The molecular formula is C8H16O. The Labute approximate surface area is 57.5 Å². The first kappa shape index (κ1) is 8.67. The van der Waals surface area contributed by atoms with Crippen LogP contribution in [0.4, 0.5) is 0 Å². The molecule has 0 aliphatic heterocycles. The second-order valence-electron chi connectivity index (χ2n) is 2.47.